The molecular weight excluding hydrogens is 228 g/mol. The maximum absolute atomic E-state index is 9.35. The van der Waals surface area contributed by atoms with Crippen LogP contribution in [0.5, 0.6) is 0 Å². The molecule has 1 nitrogen and oxygen atoms in total. The van der Waals surface area contributed by atoms with Gasteiger partial charge in [-0.1, -0.05) is 32.9 Å². The van der Waals surface area contributed by atoms with Gasteiger partial charge in [-0.05, 0) is 43.4 Å². The highest BCUT2D eigenvalue weighted by Crippen LogP contribution is 2.36. The maximum Gasteiger partial charge on any atom is 0.0576 e. The van der Waals surface area contributed by atoms with E-state index >= 15 is 0 Å². The van der Waals surface area contributed by atoms with E-state index in [0.717, 1.165) is 0 Å². The van der Waals surface area contributed by atoms with Crippen LogP contribution in [0, 0.1) is 6.92 Å². The lowest BCUT2D eigenvalue weighted by atomic mass is 9.87. The lowest BCUT2D eigenvalue weighted by Gasteiger charge is -2.25. The number of hydrogen-bond donors (Lipinski definition) is 1. The quantitative estimate of drug-likeness (QED) is 0.815. The van der Waals surface area contributed by atoms with Crippen LogP contribution in [0.15, 0.2) is 23.1 Å². The Morgan fingerprint density at radius 3 is 2.18 bits per heavy atom. The molecule has 2 heteroatoms. The van der Waals surface area contributed by atoms with Gasteiger partial charge in [-0.15, -0.1) is 11.8 Å². The van der Waals surface area contributed by atoms with E-state index in [1.165, 1.54) is 16.0 Å². The summed E-state index contributed by atoms with van der Waals surface area (Å²) < 4.78 is -0.124. The summed E-state index contributed by atoms with van der Waals surface area (Å²) in [7, 11) is 0. The smallest absolute Gasteiger partial charge is 0.0576 e. The molecule has 96 valence electrons. The molecule has 17 heavy (non-hydrogen) atoms. The van der Waals surface area contributed by atoms with Crippen molar-refractivity contribution in [1.82, 2.24) is 0 Å². The van der Waals surface area contributed by atoms with Crippen LogP contribution in [0.25, 0.3) is 0 Å². The summed E-state index contributed by atoms with van der Waals surface area (Å²) >= 11 is 1.75. The zero-order valence-electron chi connectivity index (χ0n) is 11.8. The SMILES string of the molecule is Cc1ccc(C(C)(C)C)cc1SC(C)(C)CO. The third-order valence-corrected chi connectivity index (χ3v) is 4.16. The van der Waals surface area contributed by atoms with Crippen LogP contribution in [0.3, 0.4) is 0 Å². The molecule has 0 aliphatic heterocycles. The number of aliphatic hydroxyl groups is 1. The summed E-state index contributed by atoms with van der Waals surface area (Å²) in [5, 5.41) is 9.35. The van der Waals surface area contributed by atoms with Gasteiger partial charge in [0.25, 0.3) is 0 Å². The van der Waals surface area contributed by atoms with E-state index in [1.54, 1.807) is 11.8 Å². The van der Waals surface area contributed by atoms with Crippen LogP contribution in [-0.2, 0) is 5.41 Å². The molecule has 0 spiro atoms. The molecule has 0 aromatic heterocycles. The van der Waals surface area contributed by atoms with Crippen LogP contribution in [-0.4, -0.2) is 16.5 Å². The first-order valence-electron chi connectivity index (χ1n) is 6.07. The Kier molecular flexibility index (Phi) is 4.32. The van der Waals surface area contributed by atoms with Gasteiger partial charge in [0.05, 0.1) is 6.61 Å². The predicted molar refractivity (Wildman–Crippen MR) is 76.9 cm³/mol. The van der Waals surface area contributed by atoms with E-state index in [2.05, 4.69) is 59.7 Å². The second kappa shape index (κ2) is 5.03. The van der Waals surface area contributed by atoms with E-state index in [0.29, 0.717) is 0 Å². The first-order chi connectivity index (χ1) is 7.65. The first-order valence-corrected chi connectivity index (χ1v) is 6.88. The monoisotopic (exact) mass is 252 g/mol. The molecule has 0 amide bonds. The van der Waals surface area contributed by atoms with Crippen molar-refractivity contribution in [1.29, 1.82) is 0 Å². The van der Waals surface area contributed by atoms with Gasteiger partial charge in [0, 0.05) is 9.64 Å². The lowest BCUT2D eigenvalue weighted by molar-refractivity contribution is 0.265. The van der Waals surface area contributed by atoms with Crippen molar-refractivity contribution in [2.75, 3.05) is 6.61 Å². The summed E-state index contributed by atoms with van der Waals surface area (Å²) in [4.78, 5) is 1.27. The molecule has 0 fully saturated rings. The van der Waals surface area contributed by atoms with Crippen molar-refractivity contribution in [3.05, 3.63) is 29.3 Å². The average molecular weight is 252 g/mol. The van der Waals surface area contributed by atoms with E-state index in [1.807, 2.05) is 0 Å². The van der Waals surface area contributed by atoms with Crippen LogP contribution in [0.2, 0.25) is 0 Å². The Labute approximate surface area is 110 Å². The molecule has 1 aromatic rings. The number of aliphatic hydroxyl groups excluding tert-OH is 1. The van der Waals surface area contributed by atoms with Gasteiger partial charge in [0.1, 0.15) is 0 Å². The Morgan fingerprint density at radius 2 is 1.71 bits per heavy atom. The van der Waals surface area contributed by atoms with E-state index < -0.39 is 0 Å². The van der Waals surface area contributed by atoms with E-state index in [4.69, 9.17) is 0 Å². The fourth-order valence-electron chi connectivity index (χ4n) is 1.51. The zero-order valence-corrected chi connectivity index (χ0v) is 12.6. The summed E-state index contributed by atoms with van der Waals surface area (Å²) in [6.07, 6.45) is 0. The molecule has 0 unspecified atom stereocenters. The van der Waals surface area contributed by atoms with Crippen molar-refractivity contribution in [3.63, 3.8) is 0 Å². The van der Waals surface area contributed by atoms with Gasteiger partial charge in [0.2, 0.25) is 0 Å². The molecule has 1 N–H and O–H groups in total. The van der Waals surface area contributed by atoms with E-state index in [9.17, 15) is 5.11 Å². The average Bonchev–Trinajstić information content (AvgIpc) is 2.19. The van der Waals surface area contributed by atoms with Gasteiger partial charge in [0.15, 0.2) is 0 Å². The first kappa shape index (κ1) is 14.6. The highest BCUT2D eigenvalue weighted by atomic mass is 32.2. The molecule has 0 saturated carbocycles. The molecule has 0 radical (unpaired) electrons. The number of aryl methyl sites for hydroxylation is 1. The van der Waals surface area contributed by atoms with Crippen LogP contribution in [0.4, 0.5) is 0 Å². The van der Waals surface area contributed by atoms with Crippen molar-refractivity contribution >= 4 is 11.8 Å². The minimum Gasteiger partial charge on any atom is -0.395 e. The van der Waals surface area contributed by atoms with Gasteiger partial charge < -0.3 is 5.11 Å². The molecule has 0 saturated heterocycles. The molecule has 1 rings (SSSR count). The number of thioether (sulfide) groups is 1. The zero-order chi connectivity index (χ0) is 13.3. The maximum atomic E-state index is 9.35. The Hall–Kier alpha value is -0.470. The van der Waals surface area contributed by atoms with Gasteiger partial charge >= 0.3 is 0 Å². The summed E-state index contributed by atoms with van der Waals surface area (Å²) in [5.41, 5.74) is 2.80. The Morgan fingerprint density at radius 1 is 1.12 bits per heavy atom. The van der Waals surface area contributed by atoms with Crippen LogP contribution in [0.1, 0.15) is 45.7 Å². The topological polar surface area (TPSA) is 20.2 Å². The number of benzene rings is 1. The largest absolute Gasteiger partial charge is 0.395 e. The van der Waals surface area contributed by atoms with Gasteiger partial charge in [-0.2, -0.15) is 0 Å². The number of hydrogen-bond acceptors (Lipinski definition) is 2. The van der Waals surface area contributed by atoms with Crippen molar-refractivity contribution in [2.24, 2.45) is 0 Å². The second-order valence-electron chi connectivity index (χ2n) is 6.25. The van der Waals surface area contributed by atoms with Crippen molar-refractivity contribution < 1.29 is 5.11 Å². The van der Waals surface area contributed by atoms with Crippen LogP contribution >= 0.6 is 11.8 Å². The Balaban J connectivity index is 3.08. The standard InChI is InChI=1S/C15H24OS/c1-11-7-8-12(14(2,3)4)9-13(11)17-15(5,6)10-16/h7-9,16H,10H2,1-6H3. The predicted octanol–water partition coefficient (Wildman–Crippen LogP) is 4.16. The third kappa shape index (κ3) is 4.04. The Bertz CT molecular complexity index is 388. The fraction of sp³-hybridized carbons (Fsp3) is 0.600. The molecule has 0 bridgehead atoms. The van der Waals surface area contributed by atoms with Crippen LogP contribution < -0.4 is 0 Å². The molecule has 0 atom stereocenters. The third-order valence-electron chi connectivity index (χ3n) is 2.82. The second-order valence-corrected chi connectivity index (χ2v) is 8.00. The van der Waals surface area contributed by atoms with E-state index in [-0.39, 0.29) is 16.8 Å². The molecular formula is C15H24OS. The van der Waals surface area contributed by atoms with Crippen molar-refractivity contribution in [2.45, 2.75) is 56.6 Å². The van der Waals surface area contributed by atoms with Gasteiger partial charge in [-0.3, -0.25) is 0 Å². The minimum absolute atomic E-state index is 0.124. The normalized spacial score (nSPS) is 12.9. The summed E-state index contributed by atoms with van der Waals surface area (Å²) in [6, 6.07) is 6.64. The highest BCUT2D eigenvalue weighted by Gasteiger charge is 2.21. The van der Waals surface area contributed by atoms with Gasteiger partial charge in [-0.25, -0.2) is 0 Å². The highest BCUT2D eigenvalue weighted by molar-refractivity contribution is 8.00. The molecule has 0 aliphatic rings. The molecule has 0 heterocycles. The number of rotatable bonds is 3. The molecule has 1 aromatic carbocycles. The summed E-state index contributed by atoms with van der Waals surface area (Å²) in [6.45, 7) is 13.1. The fourth-order valence-corrected chi connectivity index (χ4v) is 2.58. The lowest BCUT2D eigenvalue weighted by Crippen LogP contribution is -2.20. The van der Waals surface area contributed by atoms with Crippen molar-refractivity contribution in [3.8, 4) is 0 Å². The molecule has 0 aliphatic carbocycles. The summed E-state index contributed by atoms with van der Waals surface area (Å²) in [5.74, 6) is 0. The minimum atomic E-state index is -0.124.